The van der Waals surface area contributed by atoms with Gasteiger partial charge in [0.1, 0.15) is 6.54 Å². The Labute approximate surface area is 138 Å². The summed E-state index contributed by atoms with van der Waals surface area (Å²) in [6.07, 6.45) is 1.07. The number of hydrogen-bond donors (Lipinski definition) is 0. The van der Waals surface area contributed by atoms with Gasteiger partial charge in [0.25, 0.3) is 16.9 Å². The first kappa shape index (κ1) is 16.0. The van der Waals surface area contributed by atoms with E-state index in [0.717, 1.165) is 22.9 Å². The number of nitro groups is 2. The maximum atomic E-state index is 11.8. The first-order chi connectivity index (χ1) is 11.9. The minimum absolute atomic E-state index is 0.0316. The van der Waals surface area contributed by atoms with Crippen molar-refractivity contribution in [1.82, 2.24) is 14.7 Å². The predicted octanol–water partition coefficient (Wildman–Crippen LogP) is 1.76. The van der Waals surface area contributed by atoms with Gasteiger partial charge in [0.2, 0.25) is 11.7 Å². The van der Waals surface area contributed by atoms with Gasteiger partial charge >= 0.3 is 0 Å². The van der Waals surface area contributed by atoms with Gasteiger partial charge in [0.15, 0.2) is 0 Å². The van der Waals surface area contributed by atoms with Crippen LogP contribution in [0.5, 0.6) is 0 Å². The molecule has 11 nitrogen and oxygen atoms in total. The Hall–Kier alpha value is -3.89. The topological polar surface area (TPSA) is 147 Å². The average molecular weight is 343 g/mol. The first-order valence-corrected chi connectivity index (χ1v) is 6.86. The van der Waals surface area contributed by atoms with E-state index in [-0.39, 0.29) is 29.6 Å². The van der Waals surface area contributed by atoms with E-state index in [9.17, 15) is 25.0 Å². The third-order valence-electron chi connectivity index (χ3n) is 3.27. The van der Waals surface area contributed by atoms with Crippen LogP contribution in [0.1, 0.15) is 5.89 Å². The normalized spacial score (nSPS) is 10.6. The van der Waals surface area contributed by atoms with E-state index in [2.05, 4.69) is 10.1 Å². The van der Waals surface area contributed by atoms with Crippen molar-refractivity contribution < 1.29 is 14.4 Å². The molecule has 3 rings (SSSR count). The lowest BCUT2D eigenvalue weighted by molar-refractivity contribution is -0.385. The molecule has 0 spiro atoms. The van der Waals surface area contributed by atoms with E-state index >= 15 is 0 Å². The van der Waals surface area contributed by atoms with Gasteiger partial charge in [-0.2, -0.15) is 4.98 Å². The molecule has 11 heteroatoms. The molecule has 25 heavy (non-hydrogen) atoms. The number of nitrogens with zero attached hydrogens (tertiary/aromatic N) is 5. The lowest BCUT2D eigenvalue weighted by Gasteiger charge is -2.00. The molecule has 0 fully saturated rings. The van der Waals surface area contributed by atoms with Gasteiger partial charge in [-0.1, -0.05) is 17.3 Å². The SMILES string of the molecule is O=c1ccc([N+](=O)[O-])cn1Cc1nc(-c2cccc([N+](=O)[O-])c2)no1. The highest BCUT2D eigenvalue weighted by Gasteiger charge is 2.14. The second kappa shape index (κ2) is 6.31. The molecule has 0 radical (unpaired) electrons. The first-order valence-electron chi connectivity index (χ1n) is 6.86. The Balaban J connectivity index is 1.89. The van der Waals surface area contributed by atoms with Crippen molar-refractivity contribution in [2.45, 2.75) is 6.54 Å². The van der Waals surface area contributed by atoms with Crippen molar-refractivity contribution in [2.24, 2.45) is 0 Å². The number of non-ortho nitro benzene ring substituents is 1. The molecular weight excluding hydrogens is 334 g/mol. The lowest BCUT2D eigenvalue weighted by Crippen LogP contribution is -2.19. The number of pyridine rings is 1. The van der Waals surface area contributed by atoms with Gasteiger partial charge in [-0.25, -0.2) is 0 Å². The Kier molecular flexibility index (Phi) is 4.04. The second-order valence-corrected chi connectivity index (χ2v) is 4.93. The molecule has 1 aromatic carbocycles. The zero-order valence-corrected chi connectivity index (χ0v) is 12.4. The van der Waals surface area contributed by atoms with Crippen LogP contribution in [0.2, 0.25) is 0 Å². The Morgan fingerprint density at radius 3 is 2.56 bits per heavy atom. The van der Waals surface area contributed by atoms with Crippen LogP contribution < -0.4 is 5.56 Å². The van der Waals surface area contributed by atoms with Gasteiger partial charge in [0, 0.05) is 29.8 Å². The molecule has 0 aliphatic heterocycles. The minimum Gasteiger partial charge on any atom is -0.337 e. The highest BCUT2D eigenvalue weighted by Crippen LogP contribution is 2.21. The number of benzene rings is 1. The number of rotatable bonds is 5. The summed E-state index contributed by atoms with van der Waals surface area (Å²) in [4.78, 5) is 36.2. The van der Waals surface area contributed by atoms with Crippen LogP contribution in [0.4, 0.5) is 11.4 Å². The highest BCUT2D eigenvalue weighted by molar-refractivity contribution is 5.58. The van der Waals surface area contributed by atoms with E-state index < -0.39 is 15.4 Å². The van der Waals surface area contributed by atoms with Crippen molar-refractivity contribution in [3.63, 3.8) is 0 Å². The largest absolute Gasteiger partial charge is 0.337 e. The van der Waals surface area contributed by atoms with Gasteiger partial charge < -0.3 is 4.52 Å². The van der Waals surface area contributed by atoms with E-state index in [4.69, 9.17) is 4.52 Å². The summed E-state index contributed by atoms with van der Waals surface area (Å²) < 4.78 is 6.08. The number of aromatic nitrogens is 3. The Bertz CT molecular complexity index is 1020. The molecule has 0 bridgehead atoms. The number of hydrogen-bond acceptors (Lipinski definition) is 8. The zero-order chi connectivity index (χ0) is 18.0. The molecule has 0 atom stereocenters. The fourth-order valence-corrected chi connectivity index (χ4v) is 2.09. The van der Waals surface area contributed by atoms with Crippen LogP contribution in [0.3, 0.4) is 0 Å². The van der Waals surface area contributed by atoms with Crippen LogP contribution in [0.25, 0.3) is 11.4 Å². The maximum absolute atomic E-state index is 11.8. The van der Waals surface area contributed by atoms with Crippen molar-refractivity contribution in [3.8, 4) is 11.4 Å². The molecule has 3 aromatic rings. The van der Waals surface area contributed by atoms with E-state index in [1.165, 1.54) is 18.2 Å². The molecule has 0 N–H and O–H groups in total. The summed E-state index contributed by atoms with van der Waals surface area (Å²) in [5.74, 6) is 0.140. The zero-order valence-electron chi connectivity index (χ0n) is 12.4. The smallest absolute Gasteiger partial charge is 0.285 e. The van der Waals surface area contributed by atoms with Crippen LogP contribution in [0, 0.1) is 20.2 Å². The Morgan fingerprint density at radius 2 is 1.84 bits per heavy atom. The summed E-state index contributed by atoms with van der Waals surface area (Å²) in [6, 6.07) is 7.83. The monoisotopic (exact) mass is 343 g/mol. The second-order valence-electron chi connectivity index (χ2n) is 4.93. The fourth-order valence-electron chi connectivity index (χ4n) is 2.09. The third-order valence-corrected chi connectivity index (χ3v) is 3.27. The maximum Gasteiger partial charge on any atom is 0.285 e. The molecule has 2 heterocycles. The molecule has 0 aliphatic carbocycles. The predicted molar refractivity (Wildman–Crippen MR) is 82.8 cm³/mol. The summed E-state index contributed by atoms with van der Waals surface area (Å²) in [5.41, 5.74) is -0.479. The van der Waals surface area contributed by atoms with Crippen molar-refractivity contribution in [1.29, 1.82) is 0 Å². The van der Waals surface area contributed by atoms with Crippen molar-refractivity contribution >= 4 is 11.4 Å². The summed E-state index contributed by atoms with van der Waals surface area (Å²) >= 11 is 0. The van der Waals surface area contributed by atoms with Gasteiger partial charge in [-0.05, 0) is 0 Å². The summed E-state index contributed by atoms with van der Waals surface area (Å²) in [6.45, 7) is -0.164. The van der Waals surface area contributed by atoms with E-state index in [1.54, 1.807) is 6.07 Å². The van der Waals surface area contributed by atoms with E-state index in [0.29, 0.717) is 5.56 Å². The number of nitro benzene ring substituents is 1. The molecule has 0 unspecified atom stereocenters. The van der Waals surface area contributed by atoms with Crippen LogP contribution in [-0.2, 0) is 6.54 Å². The molecule has 0 saturated carbocycles. The van der Waals surface area contributed by atoms with E-state index in [1.807, 2.05) is 0 Å². The van der Waals surface area contributed by atoms with Gasteiger partial charge in [0.05, 0.1) is 16.0 Å². The van der Waals surface area contributed by atoms with Crippen molar-refractivity contribution in [2.75, 3.05) is 0 Å². The molecule has 0 amide bonds. The summed E-state index contributed by atoms with van der Waals surface area (Å²) in [5, 5.41) is 25.3. The highest BCUT2D eigenvalue weighted by atomic mass is 16.6. The lowest BCUT2D eigenvalue weighted by atomic mass is 10.2. The molecule has 0 aliphatic rings. The van der Waals surface area contributed by atoms with Gasteiger partial charge in [-0.15, -0.1) is 0 Å². The average Bonchev–Trinajstić information content (AvgIpc) is 3.05. The van der Waals surface area contributed by atoms with Gasteiger partial charge in [-0.3, -0.25) is 29.6 Å². The molecule has 126 valence electrons. The third kappa shape index (κ3) is 3.39. The van der Waals surface area contributed by atoms with Crippen LogP contribution in [0.15, 0.2) is 51.9 Å². The fraction of sp³-hybridized carbons (Fsp3) is 0.0714. The van der Waals surface area contributed by atoms with Crippen LogP contribution in [-0.4, -0.2) is 24.6 Å². The molecular formula is C14H9N5O6. The standard InChI is InChI=1S/C14H9N5O6/c20-13-5-4-11(19(23)24)7-17(13)8-12-15-14(16-25-12)9-2-1-3-10(6-9)18(21)22/h1-7H,8H2. The minimum atomic E-state index is -0.627. The summed E-state index contributed by atoms with van der Waals surface area (Å²) in [7, 11) is 0. The molecule has 2 aromatic heterocycles. The quantitative estimate of drug-likeness (QED) is 0.502. The molecule has 0 saturated heterocycles. The van der Waals surface area contributed by atoms with Crippen LogP contribution >= 0.6 is 0 Å². The van der Waals surface area contributed by atoms with Crippen molar-refractivity contribution in [3.05, 3.63) is 79.1 Å². The Morgan fingerprint density at radius 1 is 1.08 bits per heavy atom.